The first-order valence-corrected chi connectivity index (χ1v) is 6.99. The van der Waals surface area contributed by atoms with Gasteiger partial charge in [0.1, 0.15) is 0 Å². The highest BCUT2D eigenvalue weighted by molar-refractivity contribution is 5.99. The number of nitrogen functional groups attached to an aromatic ring is 1. The normalized spacial score (nSPS) is 22.6. The highest BCUT2D eigenvalue weighted by Gasteiger charge is 2.27. The molecule has 1 aromatic rings. The molecule has 0 saturated carbocycles. The fraction of sp³-hybridized carbons (Fsp3) is 0.533. The highest BCUT2D eigenvalue weighted by atomic mass is 16.5. The van der Waals surface area contributed by atoms with Crippen molar-refractivity contribution in [2.75, 3.05) is 30.3 Å². The average Bonchev–Trinajstić information content (AvgIpc) is 2.37. The third-order valence-corrected chi connectivity index (χ3v) is 3.30. The molecular formula is C15H22N2O3. The number of ether oxygens (including phenoxy) is 2. The molecule has 2 atom stereocenters. The molecule has 1 aromatic carbocycles. The molecule has 0 amide bonds. The molecule has 5 nitrogen and oxygen atoms in total. The van der Waals surface area contributed by atoms with Gasteiger partial charge in [-0.1, -0.05) is 6.07 Å². The minimum absolute atomic E-state index is 0.105. The quantitative estimate of drug-likeness (QED) is 0.677. The fourth-order valence-electron chi connectivity index (χ4n) is 2.65. The van der Waals surface area contributed by atoms with Gasteiger partial charge in [-0.3, -0.25) is 0 Å². The van der Waals surface area contributed by atoms with Crippen molar-refractivity contribution in [3.05, 3.63) is 23.8 Å². The van der Waals surface area contributed by atoms with Crippen LogP contribution in [0.3, 0.4) is 0 Å². The van der Waals surface area contributed by atoms with Crippen LogP contribution < -0.4 is 10.6 Å². The lowest BCUT2D eigenvalue weighted by molar-refractivity contribution is -0.00530. The predicted molar refractivity (Wildman–Crippen MR) is 79.0 cm³/mol. The number of carbonyl (C=O) groups excluding carboxylic acids is 1. The number of morpholine rings is 1. The molecule has 1 aliphatic rings. The lowest BCUT2D eigenvalue weighted by Crippen LogP contribution is -2.46. The second-order valence-electron chi connectivity index (χ2n) is 5.13. The van der Waals surface area contributed by atoms with Gasteiger partial charge in [-0.15, -0.1) is 0 Å². The summed E-state index contributed by atoms with van der Waals surface area (Å²) in [5.41, 5.74) is 7.96. The Balaban J connectivity index is 2.36. The third-order valence-electron chi connectivity index (χ3n) is 3.30. The first-order valence-electron chi connectivity index (χ1n) is 6.99. The molecule has 20 heavy (non-hydrogen) atoms. The van der Waals surface area contributed by atoms with Crippen LogP contribution in [0.15, 0.2) is 18.2 Å². The van der Waals surface area contributed by atoms with Gasteiger partial charge in [0.2, 0.25) is 0 Å². The SMILES string of the molecule is CCOC(=O)c1cccc(N)c1N1CC(C)OC(C)C1. The van der Waals surface area contributed by atoms with E-state index in [1.54, 1.807) is 19.1 Å². The van der Waals surface area contributed by atoms with E-state index >= 15 is 0 Å². The molecule has 0 aliphatic carbocycles. The third kappa shape index (κ3) is 3.04. The van der Waals surface area contributed by atoms with Gasteiger partial charge in [0.25, 0.3) is 0 Å². The Labute approximate surface area is 119 Å². The molecule has 2 N–H and O–H groups in total. The summed E-state index contributed by atoms with van der Waals surface area (Å²) in [6.45, 7) is 7.61. The second kappa shape index (κ2) is 6.13. The van der Waals surface area contributed by atoms with Crippen molar-refractivity contribution in [2.24, 2.45) is 0 Å². The van der Waals surface area contributed by atoms with Crippen molar-refractivity contribution in [3.8, 4) is 0 Å². The molecule has 0 radical (unpaired) electrons. The van der Waals surface area contributed by atoms with Crippen LogP contribution in [0.5, 0.6) is 0 Å². The Morgan fingerprint density at radius 3 is 2.65 bits per heavy atom. The molecule has 1 heterocycles. The number of anilines is 2. The van der Waals surface area contributed by atoms with E-state index in [-0.39, 0.29) is 18.2 Å². The Bertz CT molecular complexity index is 480. The summed E-state index contributed by atoms with van der Waals surface area (Å²) in [5.74, 6) is -0.332. The zero-order valence-electron chi connectivity index (χ0n) is 12.3. The lowest BCUT2D eigenvalue weighted by atomic mass is 10.1. The summed E-state index contributed by atoms with van der Waals surface area (Å²) in [6, 6.07) is 5.34. The van der Waals surface area contributed by atoms with Crippen molar-refractivity contribution in [2.45, 2.75) is 33.0 Å². The number of hydrogen-bond acceptors (Lipinski definition) is 5. The van der Waals surface area contributed by atoms with Crippen molar-refractivity contribution in [1.29, 1.82) is 0 Å². The molecule has 1 fully saturated rings. The fourth-order valence-corrected chi connectivity index (χ4v) is 2.65. The summed E-state index contributed by atoms with van der Waals surface area (Å²) in [6.07, 6.45) is 0.210. The largest absolute Gasteiger partial charge is 0.462 e. The van der Waals surface area contributed by atoms with Crippen LogP contribution in [0, 0.1) is 0 Å². The number of carbonyl (C=O) groups is 1. The number of para-hydroxylation sites is 1. The molecule has 2 rings (SSSR count). The molecule has 1 aliphatic heterocycles. The van der Waals surface area contributed by atoms with Crippen LogP contribution in [0.25, 0.3) is 0 Å². The summed E-state index contributed by atoms with van der Waals surface area (Å²) in [7, 11) is 0. The number of esters is 1. The number of benzene rings is 1. The van der Waals surface area contributed by atoms with Gasteiger partial charge in [-0.25, -0.2) is 4.79 Å². The van der Waals surface area contributed by atoms with Crippen LogP contribution in [0.4, 0.5) is 11.4 Å². The van der Waals surface area contributed by atoms with Gasteiger partial charge in [0.05, 0.1) is 35.8 Å². The van der Waals surface area contributed by atoms with E-state index in [9.17, 15) is 4.79 Å². The van der Waals surface area contributed by atoms with Gasteiger partial charge < -0.3 is 20.1 Å². The van der Waals surface area contributed by atoms with Crippen LogP contribution in [0.1, 0.15) is 31.1 Å². The van der Waals surface area contributed by atoms with Gasteiger partial charge in [0, 0.05) is 13.1 Å². The maximum Gasteiger partial charge on any atom is 0.340 e. The summed E-state index contributed by atoms with van der Waals surface area (Å²) >= 11 is 0. The number of hydrogen-bond donors (Lipinski definition) is 1. The molecule has 0 aromatic heterocycles. The van der Waals surface area contributed by atoms with Gasteiger partial charge >= 0.3 is 5.97 Å². The van der Waals surface area contributed by atoms with E-state index in [1.165, 1.54) is 0 Å². The molecule has 110 valence electrons. The van der Waals surface area contributed by atoms with E-state index in [0.717, 1.165) is 5.69 Å². The summed E-state index contributed by atoms with van der Waals surface area (Å²) < 4.78 is 10.8. The number of rotatable bonds is 3. The molecule has 5 heteroatoms. The van der Waals surface area contributed by atoms with Crippen LogP contribution in [-0.2, 0) is 9.47 Å². The van der Waals surface area contributed by atoms with E-state index in [2.05, 4.69) is 4.90 Å². The zero-order valence-corrected chi connectivity index (χ0v) is 12.3. The number of nitrogens with two attached hydrogens (primary N) is 1. The maximum absolute atomic E-state index is 12.1. The Kier molecular flexibility index (Phi) is 4.49. The first kappa shape index (κ1) is 14.7. The van der Waals surface area contributed by atoms with E-state index in [1.807, 2.05) is 19.9 Å². The average molecular weight is 278 g/mol. The predicted octanol–water partition coefficient (Wildman–Crippen LogP) is 2.06. The van der Waals surface area contributed by atoms with Crippen molar-refractivity contribution < 1.29 is 14.3 Å². The Morgan fingerprint density at radius 1 is 1.40 bits per heavy atom. The molecule has 2 unspecified atom stereocenters. The topological polar surface area (TPSA) is 64.8 Å². The Morgan fingerprint density at radius 2 is 2.05 bits per heavy atom. The van der Waals surface area contributed by atoms with Crippen molar-refractivity contribution >= 4 is 17.3 Å². The van der Waals surface area contributed by atoms with E-state index < -0.39 is 0 Å². The van der Waals surface area contributed by atoms with Crippen molar-refractivity contribution in [1.82, 2.24) is 0 Å². The maximum atomic E-state index is 12.1. The minimum Gasteiger partial charge on any atom is -0.462 e. The van der Waals surface area contributed by atoms with Crippen molar-refractivity contribution in [3.63, 3.8) is 0 Å². The monoisotopic (exact) mass is 278 g/mol. The Hall–Kier alpha value is -1.75. The molecule has 0 bridgehead atoms. The molecular weight excluding hydrogens is 256 g/mol. The molecule has 0 spiro atoms. The van der Waals surface area contributed by atoms with Crippen LogP contribution >= 0.6 is 0 Å². The first-order chi connectivity index (χ1) is 9.52. The summed E-state index contributed by atoms with van der Waals surface area (Å²) in [5, 5.41) is 0. The zero-order chi connectivity index (χ0) is 14.7. The molecule has 1 saturated heterocycles. The smallest absolute Gasteiger partial charge is 0.340 e. The second-order valence-corrected chi connectivity index (χ2v) is 5.13. The van der Waals surface area contributed by atoms with E-state index in [4.69, 9.17) is 15.2 Å². The minimum atomic E-state index is -0.332. The van der Waals surface area contributed by atoms with Crippen LogP contribution in [0.2, 0.25) is 0 Å². The van der Waals surface area contributed by atoms with Crippen LogP contribution in [-0.4, -0.2) is 37.9 Å². The van der Waals surface area contributed by atoms with Gasteiger partial charge in [0.15, 0.2) is 0 Å². The lowest BCUT2D eigenvalue weighted by Gasteiger charge is -2.38. The standard InChI is InChI=1S/C15H22N2O3/c1-4-19-15(18)12-6-5-7-13(16)14(12)17-8-10(2)20-11(3)9-17/h5-7,10-11H,4,8-9,16H2,1-3H3. The van der Waals surface area contributed by atoms with Gasteiger partial charge in [-0.05, 0) is 32.9 Å². The van der Waals surface area contributed by atoms with E-state index in [0.29, 0.717) is 30.9 Å². The van der Waals surface area contributed by atoms with Gasteiger partial charge in [-0.2, -0.15) is 0 Å². The number of nitrogens with zero attached hydrogens (tertiary/aromatic N) is 1. The highest BCUT2D eigenvalue weighted by Crippen LogP contribution is 2.31. The summed E-state index contributed by atoms with van der Waals surface area (Å²) in [4.78, 5) is 14.2.